The normalized spacial score (nSPS) is 24.2. The van der Waals surface area contributed by atoms with Crippen LogP contribution in [0.1, 0.15) is 31.2 Å². The molecule has 0 saturated carbocycles. The Balaban J connectivity index is 1.57. The van der Waals surface area contributed by atoms with E-state index in [4.69, 9.17) is 4.74 Å². The predicted molar refractivity (Wildman–Crippen MR) is 117 cm³/mol. The Morgan fingerprint density at radius 1 is 1.17 bits per heavy atom. The highest BCUT2D eigenvalue weighted by Gasteiger charge is 2.31. The fourth-order valence-electron chi connectivity index (χ4n) is 4.31. The quantitative estimate of drug-likeness (QED) is 0.790. The minimum atomic E-state index is -0.194. The van der Waals surface area contributed by atoms with Gasteiger partial charge in [0.25, 0.3) is 0 Å². The summed E-state index contributed by atoms with van der Waals surface area (Å²) in [5.41, 5.74) is 1.16. The number of hydrogen-bond donors (Lipinski definition) is 1. The number of likely N-dealkylation sites (N-methyl/N-ethyl adjacent to an activating group) is 2. The first kappa shape index (κ1) is 22.6. The number of nitrogens with one attached hydrogen (secondary N) is 1. The van der Waals surface area contributed by atoms with Gasteiger partial charge >= 0.3 is 0 Å². The van der Waals surface area contributed by atoms with Gasteiger partial charge in [0.15, 0.2) is 0 Å². The zero-order valence-electron chi connectivity index (χ0n) is 18.6. The maximum atomic E-state index is 13.1. The van der Waals surface area contributed by atoms with Crippen molar-refractivity contribution in [2.45, 2.75) is 38.3 Å². The number of amides is 2. The molecule has 2 aliphatic heterocycles. The van der Waals surface area contributed by atoms with Gasteiger partial charge in [-0.2, -0.15) is 0 Å². The van der Waals surface area contributed by atoms with Crippen molar-refractivity contribution in [2.24, 2.45) is 5.92 Å². The van der Waals surface area contributed by atoms with Crippen molar-refractivity contribution < 1.29 is 14.3 Å². The summed E-state index contributed by atoms with van der Waals surface area (Å²) in [6, 6.07) is 8.24. The molecule has 0 radical (unpaired) electrons. The zero-order chi connectivity index (χ0) is 21.5. The van der Waals surface area contributed by atoms with Crippen molar-refractivity contribution in [1.29, 1.82) is 0 Å². The van der Waals surface area contributed by atoms with Gasteiger partial charge in [0, 0.05) is 64.7 Å². The molecule has 0 unspecified atom stereocenters. The lowest BCUT2D eigenvalue weighted by atomic mass is 9.95. The Kier molecular flexibility index (Phi) is 8.10. The summed E-state index contributed by atoms with van der Waals surface area (Å²) in [4.78, 5) is 31.8. The first-order chi connectivity index (χ1) is 14.5. The lowest BCUT2D eigenvalue weighted by molar-refractivity contribution is -0.142. The SMILES string of the molecule is COc1cccc(CN[C@@H]2CCC[C@@H](C(=O)N3CCN(C)CC3)CC(=O)N(C)C2)c1. The number of ether oxygens (including phenoxy) is 1. The summed E-state index contributed by atoms with van der Waals surface area (Å²) in [5.74, 6) is 0.881. The summed E-state index contributed by atoms with van der Waals surface area (Å²) in [6.07, 6.45) is 3.00. The van der Waals surface area contributed by atoms with Crippen LogP contribution in [-0.4, -0.2) is 86.5 Å². The van der Waals surface area contributed by atoms with Gasteiger partial charge in [0.2, 0.25) is 11.8 Å². The fraction of sp³-hybridized carbons (Fsp3) is 0.652. The summed E-state index contributed by atoms with van der Waals surface area (Å²) in [7, 11) is 5.61. The molecule has 2 saturated heterocycles. The molecule has 166 valence electrons. The van der Waals surface area contributed by atoms with Crippen LogP contribution in [0.15, 0.2) is 24.3 Å². The first-order valence-corrected chi connectivity index (χ1v) is 11.0. The van der Waals surface area contributed by atoms with E-state index < -0.39 is 0 Å². The number of rotatable bonds is 5. The zero-order valence-corrected chi connectivity index (χ0v) is 18.6. The predicted octanol–water partition coefficient (Wildman–Crippen LogP) is 1.58. The van der Waals surface area contributed by atoms with Crippen molar-refractivity contribution >= 4 is 11.8 Å². The molecule has 2 atom stereocenters. The molecule has 2 amide bonds. The molecule has 7 heteroatoms. The Morgan fingerprint density at radius 2 is 1.93 bits per heavy atom. The number of benzene rings is 1. The monoisotopic (exact) mass is 416 g/mol. The van der Waals surface area contributed by atoms with E-state index in [0.29, 0.717) is 13.0 Å². The van der Waals surface area contributed by atoms with E-state index in [-0.39, 0.29) is 23.8 Å². The van der Waals surface area contributed by atoms with Gasteiger partial charge in [-0.05, 0) is 37.6 Å². The molecule has 3 rings (SSSR count). The highest BCUT2D eigenvalue weighted by Crippen LogP contribution is 2.22. The van der Waals surface area contributed by atoms with Crippen LogP contribution in [-0.2, 0) is 16.1 Å². The molecule has 1 N–H and O–H groups in total. The smallest absolute Gasteiger partial charge is 0.226 e. The standard InChI is InChI=1S/C23H36N4O3/c1-25-10-12-27(13-11-25)23(29)19-7-5-8-20(17-26(2)22(28)15-19)24-16-18-6-4-9-21(14-18)30-3/h4,6,9,14,19-20,24H,5,7-8,10-13,15-17H2,1-3H3/t19-,20-/m1/s1. The molecular weight excluding hydrogens is 380 g/mol. The molecule has 2 fully saturated rings. The number of nitrogens with zero attached hydrogens (tertiary/aromatic N) is 3. The van der Waals surface area contributed by atoms with E-state index in [1.165, 1.54) is 0 Å². The fourth-order valence-corrected chi connectivity index (χ4v) is 4.31. The molecule has 0 bridgehead atoms. The van der Waals surface area contributed by atoms with E-state index in [0.717, 1.165) is 63.3 Å². The van der Waals surface area contributed by atoms with E-state index >= 15 is 0 Å². The summed E-state index contributed by atoms with van der Waals surface area (Å²) in [6.45, 7) is 4.73. The summed E-state index contributed by atoms with van der Waals surface area (Å²) >= 11 is 0. The molecular formula is C23H36N4O3. The Bertz CT molecular complexity index is 718. The van der Waals surface area contributed by atoms with Crippen LogP contribution in [0.5, 0.6) is 5.75 Å². The van der Waals surface area contributed by atoms with Crippen LogP contribution >= 0.6 is 0 Å². The molecule has 1 aromatic carbocycles. The third kappa shape index (κ3) is 6.19. The van der Waals surface area contributed by atoms with Gasteiger partial charge in [0.05, 0.1) is 7.11 Å². The van der Waals surface area contributed by atoms with E-state index in [9.17, 15) is 9.59 Å². The van der Waals surface area contributed by atoms with Crippen molar-refractivity contribution in [1.82, 2.24) is 20.0 Å². The van der Waals surface area contributed by atoms with Crippen LogP contribution in [0, 0.1) is 5.92 Å². The molecule has 0 spiro atoms. The van der Waals surface area contributed by atoms with Gasteiger partial charge in [-0.1, -0.05) is 18.6 Å². The van der Waals surface area contributed by atoms with E-state index in [2.05, 4.69) is 23.3 Å². The average molecular weight is 417 g/mol. The molecule has 0 aliphatic carbocycles. The second-order valence-electron chi connectivity index (χ2n) is 8.66. The summed E-state index contributed by atoms with van der Waals surface area (Å²) in [5, 5.41) is 3.60. The number of piperazine rings is 1. The lowest BCUT2D eigenvalue weighted by Gasteiger charge is -2.34. The van der Waals surface area contributed by atoms with Gasteiger partial charge in [0.1, 0.15) is 5.75 Å². The van der Waals surface area contributed by atoms with Crippen LogP contribution < -0.4 is 10.1 Å². The lowest BCUT2D eigenvalue weighted by Crippen LogP contribution is -2.49. The van der Waals surface area contributed by atoms with Crippen LogP contribution in [0.3, 0.4) is 0 Å². The Morgan fingerprint density at radius 3 is 2.67 bits per heavy atom. The van der Waals surface area contributed by atoms with Crippen molar-refractivity contribution in [3.05, 3.63) is 29.8 Å². The van der Waals surface area contributed by atoms with Crippen molar-refractivity contribution in [3.8, 4) is 5.75 Å². The van der Waals surface area contributed by atoms with Crippen LogP contribution in [0.4, 0.5) is 0 Å². The Labute approximate surface area is 180 Å². The number of carbonyl (C=O) groups excluding carboxylic acids is 2. The number of methoxy groups -OCH3 is 1. The molecule has 7 nitrogen and oxygen atoms in total. The molecule has 0 aromatic heterocycles. The van der Waals surface area contributed by atoms with Crippen molar-refractivity contribution in [3.63, 3.8) is 0 Å². The number of carbonyl (C=O) groups is 2. The minimum Gasteiger partial charge on any atom is -0.497 e. The number of hydrogen-bond acceptors (Lipinski definition) is 5. The summed E-state index contributed by atoms with van der Waals surface area (Å²) < 4.78 is 5.30. The van der Waals surface area contributed by atoms with Crippen LogP contribution in [0.2, 0.25) is 0 Å². The highest BCUT2D eigenvalue weighted by molar-refractivity contribution is 5.86. The van der Waals surface area contributed by atoms with Gasteiger partial charge in [-0.15, -0.1) is 0 Å². The maximum absolute atomic E-state index is 13.1. The third-order valence-corrected chi connectivity index (χ3v) is 6.34. The first-order valence-electron chi connectivity index (χ1n) is 11.0. The molecule has 1 aromatic rings. The minimum absolute atomic E-state index is 0.0672. The van der Waals surface area contributed by atoms with Gasteiger partial charge < -0.3 is 24.8 Å². The molecule has 30 heavy (non-hydrogen) atoms. The van der Waals surface area contributed by atoms with E-state index in [1.54, 1.807) is 12.0 Å². The highest BCUT2D eigenvalue weighted by atomic mass is 16.5. The Hall–Kier alpha value is -2.12. The largest absolute Gasteiger partial charge is 0.497 e. The maximum Gasteiger partial charge on any atom is 0.226 e. The topological polar surface area (TPSA) is 65.1 Å². The van der Waals surface area contributed by atoms with Gasteiger partial charge in [-0.3, -0.25) is 9.59 Å². The second-order valence-corrected chi connectivity index (χ2v) is 8.66. The van der Waals surface area contributed by atoms with Gasteiger partial charge in [-0.25, -0.2) is 0 Å². The van der Waals surface area contributed by atoms with Crippen LogP contribution in [0.25, 0.3) is 0 Å². The van der Waals surface area contributed by atoms with Crippen molar-refractivity contribution in [2.75, 3.05) is 53.9 Å². The van der Waals surface area contributed by atoms with E-state index in [1.807, 2.05) is 30.1 Å². The third-order valence-electron chi connectivity index (χ3n) is 6.34. The average Bonchev–Trinajstić information content (AvgIpc) is 2.82. The molecule has 2 heterocycles. The molecule has 2 aliphatic rings. The second kappa shape index (κ2) is 10.8.